The van der Waals surface area contributed by atoms with Crippen LogP contribution in [0.4, 0.5) is 0 Å². The van der Waals surface area contributed by atoms with E-state index in [4.69, 9.17) is 5.73 Å². The van der Waals surface area contributed by atoms with E-state index < -0.39 is 0 Å². The molecule has 1 fully saturated rings. The highest BCUT2D eigenvalue weighted by atomic mass is 16.2. The number of rotatable bonds is 4. The molecule has 2 N–H and O–H groups in total. The van der Waals surface area contributed by atoms with Crippen molar-refractivity contribution in [1.29, 1.82) is 0 Å². The normalized spacial score (nSPS) is 14.9. The van der Waals surface area contributed by atoms with E-state index in [1.807, 2.05) is 17.9 Å². The van der Waals surface area contributed by atoms with Gasteiger partial charge in [0.25, 0.3) is 5.91 Å². The lowest BCUT2D eigenvalue weighted by Gasteiger charge is -2.19. The largest absolute Gasteiger partial charge is 0.335 e. The molecule has 1 amide bonds. The lowest BCUT2D eigenvalue weighted by Crippen LogP contribution is -2.33. The van der Waals surface area contributed by atoms with Crippen molar-refractivity contribution >= 4 is 5.91 Å². The summed E-state index contributed by atoms with van der Waals surface area (Å²) in [6.45, 7) is 3.22. The molecular formula is C12H17N3O. The van der Waals surface area contributed by atoms with Gasteiger partial charge in [-0.1, -0.05) is 6.07 Å². The average molecular weight is 219 g/mol. The molecule has 0 saturated heterocycles. The van der Waals surface area contributed by atoms with E-state index in [2.05, 4.69) is 4.98 Å². The summed E-state index contributed by atoms with van der Waals surface area (Å²) in [6, 6.07) is 4.06. The molecule has 0 spiro atoms. The molecule has 1 saturated carbocycles. The van der Waals surface area contributed by atoms with E-state index in [9.17, 15) is 4.79 Å². The lowest BCUT2D eigenvalue weighted by molar-refractivity contribution is 0.0746. The standard InChI is InChI=1S/C12H17N3O/c1-2-15(10-4-5-10)12(16)11-6-3-9(7-13)8-14-11/h3,6,8,10H,2,4-5,7,13H2,1H3. The number of nitrogens with two attached hydrogens (primary N) is 1. The predicted molar refractivity (Wildman–Crippen MR) is 61.9 cm³/mol. The molecule has 0 unspecified atom stereocenters. The first kappa shape index (κ1) is 11.1. The Bertz CT molecular complexity index is 370. The highest BCUT2D eigenvalue weighted by Gasteiger charge is 2.32. The number of hydrogen-bond acceptors (Lipinski definition) is 3. The van der Waals surface area contributed by atoms with Crippen molar-refractivity contribution in [2.75, 3.05) is 6.54 Å². The molecule has 4 nitrogen and oxygen atoms in total. The first-order chi connectivity index (χ1) is 7.76. The SMILES string of the molecule is CCN(C(=O)c1ccc(CN)cn1)C1CC1. The molecule has 1 aromatic rings. The van der Waals surface area contributed by atoms with Crippen LogP contribution in [0.5, 0.6) is 0 Å². The van der Waals surface area contributed by atoms with Gasteiger partial charge in [-0.2, -0.15) is 0 Å². The molecule has 1 aliphatic carbocycles. The van der Waals surface area contributed by atoms with Crippen molar-refractivity contribution in [2.45, 2.75) is 32.4 Å². The van der Waals surface area contributed by atoms with Gasteiger partial charge in [0.05, 0.1) is 0 Å². The van der Waals surface area contributed by atoms with Gasteiger partial charge in [0, 0.05) is 25.3 Å². The maximum absolute atomic E-state index is 12.1. The molecule has 0 aromatic carbocycles. The van der Waals surface area contributed by atoms with Crippen molar-refractivity contribution < 1.29 is 4.79 Å². The fourth-order valence-electron chi connectivity index (χ4n) is 1.77. The maximum Gasteiger partial charge on any atom is 0.272 e. The Morgan fingerprint density at radius 2 is 2.31 bits per heavy atom. The Hall–Kier alpha value is -1.42. The molecule has 1 aromatic heterocycles. The maximum atomic E-state index is 12.1. The number of pyridine rings is 1. The molecule has 4 heteroatoms. The zero-order valence-corrected chi connectivity index (χ0v) is 9.52. The minimum Gasteiger partial charge on any atom is -0.335 e. The molecule has 0 atom stereocenters. The number of aromatic nitrogens is 1. The summed E-state index contributed by atoms with van der Waals surface area (Å²) in [5.74, 6) is 0.0357. The van der Waals surface area contributed by atoms with Gasteiger partial charge in [0.15, 0.2) is 0 Å². The molecule has 0 bridgehead atoms. The molecule has 0 radical (unpaired) electrons. The van der Waals surface area contributed by atoms with Crippen LogP contribution >= 0.6 is 0 Å². The summed E-state index contributed by atoms with van der Waals surface area (Å²) in [5, 5.41) is 0. The van der Waals surface area contributed by atoms with Crippen LogP contribution in [-0.4, -0.2) is 28.4 Å². The smallest absolute Gasteiger partial charge is 0.272 e. The average Bonchev–Trinajstić information content (AvgIpc) is 3.14. The van der Waals surface area contributed by atoms with Gasteiger partial charge in [0.1, 0.15) is 5.69 Å². The van der Waals surface area contributed by atoms with Crippen LogP contribution in [-0.2, 0) is 6.54 Å². The summed E-state index contributed by atoms with van der Waals surface area (Å²) in [6.07, 6.45) is 3.93. The van der Waals surface area contributed by atoms with E-state index in [1.54, 1.807) is 12.3 Å². The first-order valence-electron chi connectivity index (χ1n) is 5.72. The quantitative estimate of drug-likeness (QED) is 0.826. The van der Waals surface area contributed by atoms with Crippen molar-refractivity contribution in [3.8, 4) is 0 Å². The Labute approximate surface area is 95.5 Å². The zero-order valence-electron chi connectivity index (χ0n) is 9.52. The molecular weight excluding hydrogens is 202 g/mol. The van der Waals surface area contributed by atoms with E-state index >= 15 is 0 Å². The molecule has 86 valence electrons. The molecule has 1 aliphatic rings. The number of hydrogen-bond donors (Lipinski definition) is 1. The summed E-state index contributed by atoms with van der Waals surface area (Å²) in [4.78, 5) is 18.1. The van der Waals surface area contributed by atoms with E-state index in [0.29, 0.717) is 18.3 Å². The van der Waals surface area contributed by atoms with E-state index in [-0.39, 0.29) is 5.91 Å². The van der Waals surface area contributed by atoms with Gasteiger partial charge in [-0.3, -0.25) is 9.78 Å². The lowest BCUT2D eigenvalue weighted by atomic mass is 10.2. The number of carbonyl (C=O) groups is 1. The minimum atomic E-state index is 0.0357. The third-order valence-corrected chi connectivity index (χ3v) is 2.87. The van der Waals surface area contributed by atoms with Gasteiger partial charge in [-0.25, -0.2) is 0 Å². The molecule has 0 aliphatic heterocycles. The van der Waals surface area contributed by atoms with Gasteiger partial charge < -0.3 is 10.6 Å². The predicted octanol–water partition coefficient (Wildman–Crippen LogP) is 1.16. The van der Waals surface area contributed by atoms with Crippen molar-refractivity contribution in [2.24, 2.45) is 5.73 Å². The summed E-state index contributed by atoms with van der Waals surface area (Å²) < 4.78 is 0. The Balaban J connectivity index is 2.12. The third kappa shape index (κ3) is 2.22. The van der Waals surface area contributed by atoms with Crippen molar-refractivity contribution in [3.05, 3.63) is 29.6 Å². The molecule has 1 heterocycles. The van der Waals surface area contributed by atoms with Crippen LogP contribution in [0.2, 0.25) is 0 Å². The second kappa shape index (κ2) is 4.61. The van der Waals surface area contributed by atoms with Gasteiger partial charge in [-0.15, -0.1) is 0 Å². The topological polar surface area (TPSA) is 59.2 Å². The molecule has 16 heavy (non-hydrogen) atoms. The van der Waals surface area contributed by atoms with Crippen molar-refractivity contribution in [1.82, 2.24) is 9.88 Å². The summed E-state index contributed by atoms with van der Waals surface area (Å²) in [5.41, 5.74) is 6.95. The highest BCUT2D eigenvalue weighted by Crippen LogP contribution is 2.27. The van der Waals surface area contributed by atoms with Crippen LogP contribution in [0.1, 0.15) is 35.8 Å². The van der Waals surface area contributed by atoms with Crippen LogP contribution in [0.3, 0.4) is 0 Å². The second-order valence-electron chi connectivity index (χ2n) is 4.08. The number of nitrogens with zero attached hydrogens (tertiary/aromatic N) is 2. The zero-order chi connectivity index (χ0) is 11.5. The number of amides is 1. The Morgan fingerprint density at radius 3 is 2.75 bits per heavy atom. The van der Waals surface area contributed by atoms with Crippen LogP contribution in [0, 0.1) is 0 Å². The fourth-order valence-corrected chi connectivity index (χ4v) is 1.77. The van der Waals surface area contributed by atoms with E-state index in [1.165, 1.54) is 0 Å². The first-order valence-corrected chi connectivity index (χ1v) is 5.72. The fraction of sp³-hybridized carbons (Fsp3) is 0.500. The highest BCUT2D eigenvalue weighted by molar-refractivity contribution is 5.92. The molecule has 2 rings (SSSR count). The third-order valence-electron chi connectivity index (χ3n) is 2.87. The van der Waals surface area contributed by atoms with Gasteiger partial charge in [-0.05, 0) is 31.4 Å². The van der Waals surface area contributed by atoms with Crippen molar-refractivity contribution in [3.63, 3.8) is 0 Å². The van der Waals surface area contributed by atoms with Crippen LogP contribution < -0.4 is 5.73 Å². The summed E-state index contributed by atoms with van der Waals surface area (Å²) >= 11 is 0. The van der Waals surface area contributed by atoms with Gasteiger partial charge in [0.2, 0.25) is 0 Å². The van der Waals surface area contributed by atoms with Gasteiger partial charge >= 0.3 is 0 Å². The second-order valence-corrected chi connectivity index (χ2v) is 4.08. The number of carbonyl (C=O) groups excluding carboxylic acids is 1. The summed E-state index contributed by atoms with van der Waals surface area (Å²) in [7, 11) is 0. The Kier molecular flexibility index (Phi) is 3.19. The monoisotopic (exact) mass is 219 g/mol. The Morgan fingerprint density at radius 1 is 1.56 bits per heavy atom. The van der Waals surface area contributed by atoms with Crippen LogP contribution in [0.25, 0.3) is 0 Å². The minimum absolute atomic E-state index is 0.0357. The van der Waals surface area contributed by atoms with Crippen LogP contribution in [0.15, 0.2) is 18.3 Å². The van der Waals surface area contributed by atoms with E-state index in [0.717, 1.165) is 24.9 Å².